The quantitative estimate of drug-likeness (QED) is 0.616. The van der Waals surface area contributed by atoms with Crippen LogP contribution in [-0.4, -0.2) is 25.2 Å². The van der Waals surface area contributed by atoms with E-state index in [1.807, 2.05) is 13.0 Å². The van der Waals surface area contributed by atoms with E-state index in [-0.39, 0.29) is 17.2 Å². The average molecular weight is 249 g/mol. The van der Waals surface area contributed by atoms with Crippen molar-refractivity contribution in [1.29, 1.82) is 5.26 Å². The number of nitriles is 1. The molecule has 1 aromatic rings. The Bertz CT molecular complexity index is 468. The van der Waals surface area contributed by atoms with Crippen LogP contribution in [0, 0.1) is 27.4 Å². The van der Waals surface area contributed by atoms with Crippen LogP contribution in [0.15, 0.2) is 18.2 Å². The van der Waals surface area contributed by atoms with Crippen molar-refractivity contribution in [1.82, 2.24) is 0 Å². The van der Waals surface area contributed by atoms with Crippen molar-refractivity contribution >= 4 is 11.4 Å². The third kappa shape index (κ3) is 3.71. The number of ether oxygens (including phenoxy) is 1. The SMILES string of the molecule is COCC(C)CNc1ccc(C#N)cc1[N+](=O)[O-]. The Labute approximate surface area is 105 Å². The summed E-state index contributed by atoms with van der Waals surface area (Å²) in [6.45, 7) is 3.13. The highest BCUT2D eigenvalue weighted by Gasteiger charge is 2.15. The minimum Gasteiger partial charge on any atom is -0.384 e. The van der Waals surface area contributed by atoms with Crippen LogP contribution in [0.1, 0.15) is 12.5 Å². The van der Waals surface area contributed by atoms with Crippen molar-refractivity contribution in [2.24, 2.45) is 5.92 Å². The molecule has 1 N–H and O–H groups in total. The average Bonchev–Trinajstić information content (AvgIpc) is 2.36. The van der Waals surface area contributed by atoms with Gasteiger partial charge in [-0.15, -0.1) is 0 Å². The molecule has 0 aliphatic rings. The third-order valence-electron chi connectivity index (χ3n) is 2.42. The minimum atomic E-state index is -0.496. The molecule has 1 atom stereocenters. The van der Waals surface area contributed by atoms with Gasteiger partial charge in [-0.3, -0.25) is 10.1 Å². The summed E-state index contributed by atoms with van der Waals surface area (Å²) < 4.78 is 4.99. The van der Waals surface area contributed by atoms with Gasteiger partial charge in [-0.25, -0.2) is 0 Å². The molecular formula is C12H15N3O3. The summed E-state index contributed by atoms with van der Waals surface area (Å²) in [5.41, 5.74) is 0.609. The van der Waals surface area contributed by atoms with Crippen molar-refractivity contribution in [2.75, 3.05) is 25.6 Å². The lowest BCUT2D eigenvalue weighted by Crippen LogP contribution is -2.16. The fourth-order valence-electron chi connectivity index (χ4n) is 1.53. The maximum absolute atomic E-state index is 10.9. The van der Waals surface area contributed by atoms with Gasteiger partial charge >= 0.3 is 0 Å². The number of anilines is 1. The molecule has 0 aliphatic heterocycles. The number of nitrogens with one attached hydrogen (secondary N) is 1. The zero-order valence-electron chi connectivity index (χ0n) is 10.3. The first-order chi connectivity index (χ1) is 8.58. The Morgan fingerprint density at radius 1 is 1.61 bits per heavy atom. The number of rotatable bonds is 6. The lowest BCUT2D eigenvalue weighted by molar-refractivity contribution is -0.384. The van der Waals surface area contributed by atoms with Gasteiger partial charge in [0.25, 0.3) is 5.69 Å². The van der Waals surface area contributed by atoms with Gasteiger partial charge in [-0.1, -0.05) is 6.92 Å². The van der Waals surface area contributed by atoms with Gasteiger partial charge in [-0.2, -0.15) is 5.26 Å². The highest BCUT2D eigenvalue weighted by atomic mass is 16.6. The Kier molecular flexibility index (Phi) is 5.08. The zero-order valence-corrected chi connectivity index (χ0v) is 10.3. The molecule has 6 nitrogen and oxygen atoms in total. The molecule has 1 aromatic carbocycles. The second-order valence-electron chi connectivity index (χ2n) is 4.04. The Morgan fingerprint density at radius 3 is 2.89 bits per heavy atom. The topological polar surface area (TPSA) is 88.2 Å². The number of benzene rings is 1. The molecule has 0 aromatic heterocycles. The summed E-state index contributed by atoms with van der Waals surface area (Å²) in [5, 5.41) is 22.6. The standard InChI is InChI=1S/C12H15N3O3/c1-9(8-18-2)7-14-11-4-3-10(6-13)5-12(11)15(16)17/h3-5,9,14H,7-8H2,1-2H3. The first kappa shape index (κ1) is 13.9. The van der Waals surface area contributed by atoms with Crippen LogP contribution in [0.2, 0.25) is 0 Å². The number of hydrogen-bond acceptors (Lipinski definition) is 5. The van der Waals surface area contributed by atoms with E-state index in [1.54, 1.807) is 19.2 Å². The molecule has 0 heterocycles. The van der Waals surface area contributed by atoms with Crippen LogP contribution >= 0.6 is 0 Å². The van der Waals surface area contributed by atoms with Crippen LogP contribution in [0.5, 0.6) is 0 Å². The molecule has 6 heteroatoms. The van der Waals surface area contributed by atoms with Gasteiger partial charge in [0.05, 0.1) is 23.2 Å². The molecule has 1 rings (SSSR count). The fraction of sp³-hybridized carbons (Fsp3) is 0.417. The van der Waals surface area contributed by atoms with E-state index in [0.29, 0.717) is 18.8 Å². The van der Waals surface area contributed by atoms with Crippen molar-refractivity contribution in [2.45, 2.75) is 6.92 Å². The lowest BCUT2D eigenvalue weighted by atomic mass is 10.1. The van der Waals surface area contributed by atoms with E-state index >= 15 is 0 Å². The first-order valence-corrected chi connectivity index (χ1v) is 5.49. The molecular weight excluding hydrogens is 234 g/mol. The van der Waals surface area contributed by atoms with Gasteiger partial charge in [0, 0.05) is 19.7 Å². The van der Waals surface area contributed by atoms with E-state index in [0.717, 1.165) is 0 Å². The molecule has 0 bridgehead atoms. The number of methoxy groups -OCH3 is 1. The van der Waals surface area contributed by atoms with Crippen LogP contribution in [0.25, 0.3) is 0 Å². The molecule has 0 aliphatic carbocycles. The van der Waals surface area contributed by atoms with E-state index in [2.05, 4.69) is 5.32 Å². The Morgan fingerprint density at radius 2 is 2.33 bits per heavy atom. The van der Waals surface area contributed by atoms with Crippen molar-refractivity contribution in [3.05, 3.63) is 33.9 Å². The third-order valence-corrected chi connectivity index (χ3v) is 2.42. The molecule has 0 radical (unpaired) electrons. The lowest BCUT2D eigenvalue weighted by Gasteiger charge is -2.12. The highest BCUT2D eigenvalue weighted by Crippen LogP contribution is 2.25. The number of nitro benzene ring substituents is 1. The molecule has 96 valence electrons. The molecule has 1 unspecified atom stereocenters. The Hall–Kier alpha value is -2.13. The van der Waals surface area contributed by atoms with Gasteiger partial charge in [0.15, 0.2) is 0 Å². The maximum Gasteiger partial charge on any atom is 0.293 e. The van der Waals surface area contributed by atoms with Crippen molar-refractivity contribution in [3.63, 3.8) is 0 Å². The van der Waals surface area contributed by atoms with Gasteiger partial charge in [0.2, 0.25) is 0 Å². The molecule has 18 heavy (non-hydrogen) atoms. The summed E-state index contributed by atoms with van der Waals surface area (Å²) in [7, 11) is 1.61. The van der Waals surface area contributed by atoms with Gasteiger partial charge < -0.3 is 10.1 Å². The smallest absolute Gasteiger partial charge is 0.293 e. The number of hydrogen-bond donors (Lipinski definition) is 1. The van der Waals surface area contributed by atoms with E-state index < -0.39 is 4.92 Å². The number of nitro groups is 1. The van der Waals surface area contributed by atoms with Crippen LogP contribution in [0.3, 0.4) is 0 Å². The van der Waals surface area contributed by atoms with Crippen LogP contribution in [0.4, 0.5) is 11.4 Å². The predicted octanol–water partition coefficient (Wildman–Crippen LogP) is 2.16. The van der Waals surface area contributed by atoms with Crippen LogP contribution in [-0.2, 0) is 4.74 Å². The van der Waals surface area contributed by atoms with E-state index in [1.165, 1.54) is 6.07 Å². The summed E-state index contributed by atoms with van der Waals surface area (Å²) >= 11 is 0. The normalized spacial score (nSPS) is 11.6. The monoisotopic (exact) mass is 249 g/mol. The highest BCUT2D eigenvalue weighted by molar-refractivity contribution is 5.64. The van der Waals surface area contributed by atoms with Gasteiger partial charge in [-0.05, 0) is 18.1 Å². The molecule has 0 saturated heterocycles. The first-order valence-electron chi connectivity index (χ1n) is 5.49. The Balaban J connectivity index is 2.82. The second-order valence-corrected chi connectivity index (χ2v) is 4.04. The van der Waals surface area contributed by atoms with E-state index in [9.17, 15) is 10.1 Å². The van der Waals surface area contributed by atoms with Gasteiger partial charge in [0.1, 0.15) is 5.69 Å². The summed E-state index contributed by atoms with van der Waals surface area (Å²) in [4.78, 5) is 10.4. The zero-order chi connectivity index (χ0) is 13.5. The van der Waals surface area contributed by atoms with Crippen molar-refractivity contribution in [3.8, 4) is 6.07 Å². The summed E-state index contributed by atoms with van der Waals surface area (Å²) in [5.74, 6) is 0.241. The number of nitrogens with zero attached hydrogens (tertiary/aromatic N) is 2. The van der Waals surface area contributed by atoms with Crippen molar-refractivity contribution < 1.29 is 9.66 Å². The van der Waals surface area contributed by atoms with E-state index in [4.69, 9.17) is 10.00 Å². The summed E-state index contributed by atoms with van der Waals surface area (Å²) in [6, 6.07) is 6.25. The second kappa shape index (κ2) is 6.57. The molecule has 0 spiro atoms. The maximum atomic E-state index is 10.9. The minimum absolute atomic E-state index is 0.0846. The molecule has 0 fully saturated rings. The molecule has 0 saturated carbocycles. The van der Waals surface area contributed by atoms with Crippen LogP contribution < -0.4 is 5.32 Å². The largest absolute Gasteiger partial charge is 0.384 e. The molecule has 0 amide bonds. The fourth-order valence-corrected chi connectivity index (χ4v) is 1.53. The summed E-state index contributed by atoms with van der Waals surface area (Å²) in [6.07, 6.45) is 0. The predicted molar refractivity (Wildman–Crippen MR) is 67.3 cm³/mol.